The number of carbonyl (C=O) groups is 2. The smallest absolute Gasteiger partial charge is 0.322 e. The molecule has 0 fully saturated rings. The summed E-state index contributed by atoms with van der Waals surface area (Å²) >= 11 is 4.13. The van der Waals surface area contributed by atoms with Crippen LogP contribution in [0.1, 0.15) is 0 Å². The van der Waals surface area contributed by atoms with Crippen LogP contribution in [-0.4, -0.2) is 54.5 Å². The van der Waals surface area contributed by atoms with Crippen molar-refractivity contribution in [2.75, 3.05) is 11.5 Å². The highest BCUT2D eigenvalue weighted by Gasteiger charge is 2.21. The Hall–Kier alpha value is -0.110. The van der Waals surface area contributed by atoms with Crippen molar-refractivity contribution in [2.24, 2.45) is 5.73 Å². The quantitative estimate of drug-likeness (QED) is 0.261. The topological polar surface area (TPSA) is 150 Å². The van der Waals surface area contributed by atoms with E-state index in [1.165, 1.54) is 0 Å². The predicted molar refractivity (Wildman–Crippen MR) is 73.2 cm³/mol. The maximum atomic E-state index is 10.8. The summed E-state index contributed by atoms with van der Waals surface area (Å²) in [4.78, 5) is 21.1. The Labute approximate surface area is 116 Å². The van der Waals surface area contributed by atoms with Crippen LogP contribution in [0.25, 0.3) is 0 Å². The minimum Gasteiger partial charge on any atom is -0.480 e. The van der Waals surface area contributed by atoms with Gasteiger partial charge in [-0.1, -0.05) is 21.6 Å². The lowest BCUT2D eigenvalue weighted by Crippen LogP contribution is -2.41. The summed E-state index contributed by atoms with van der Waals surface area (Å²) in [7, 11) is -1.69. The van der Waals surface area contributed by atoms with Gasteiger partial charge in [0.1, 0.15) is 12.1 Å². The molecular formula is C6H12N2O6S4. The molecule has 0 bridgehead atoms. The van der Waals surface area contributed by atoms with E-state index in [-0.39, 0.29) is 11.5 Å². The maximum Gasteiger partial charge on any atom is 0.322 e. The SMILES string of the molecule is NC(CSSC[C@H](NS(=O)(O)=S)C(=O)O)C(=O)O. The molecule has 0 heterocycles. The van der Waals surface area contributed by atoms with E-state index < -0.39 is 33.0 Å². The van der Waals surface area contributed by atoms with Gasteiger partial charge in [0.25, 0.3) is 0 Å². The Kier molecular flexibility index (Phi) is 8.09. The van der Waals surface area contributed by atoms with Crippen LogP contribution in [-0.2, 0) is 29.7 Å². The molecule has 8 nitrogen and oxygen atoms in total. The summed E-state index contributed by atoms with van der Waals surface area (Å²) in [5.41, 5.74) is 5.23. The molecule has 106 valence electrons. The van der Waals surface area contributed by atoms with Crippen molar-refractivity contribution in [2.45, 2.75) is 12.1 Å². The summed E-state index contributed by atoms with van der Waals surface area (Å²) in [6, 6.07) is -2.33. The van der Waals surface area contributed by atoms with Crippen molar-refractivity contribution < 1.29 is 28.6 Å². The van der Waals surface area contributed by atoms with Crippen molar-refractivity contribution in [3.05, 3.63) is 0 Å². The van der Waals surface area contributed by atoms with Crippen molar-refractivity contribution in [1.82, 2.24) is 4.72 Å². The summed E-state index contributed by atoms with van der Waals surface area (Å²) in [6.07, 6.45) is 0. The first-order valence-electron chi connectivity index (χ1n) is 4.34. The number of aliphatic carboxylic acids is 2. The van der Waals surface area contributed by atoms with E-state index in [9.17, 15) is 13.8 Å². The lowest BCUT2D eigenvalue weighted by atomic mass is 10.4. The number of nitrogens with two attached hydrogens (primary N) is 1. The Morgan fingerprint density at radius 1 is 1.28 bits per heavy atom. The average Bonchev–Trinajstić information content (AvgIpc) is 2.19. The first-order valence-corrected chi connectivity index (χ1v) is 9.26. The summed E-state index contributed by atoms with van der Waals surface area (Å²) in [5, 5.41) is 17.2. The van der Waals surface area contributed by atoms with Crippen molar-refractivity contribution in [3.63, 3.8) is 0 Å². The Morgan fingerprint density at radius 2 is 1.78 bits per heavy atom. The van der Waals surface area contributed by atoms with Crippen LogP contribution < -0.4 is 10.5 Å². The molecule has 0 aliphatic carbocycles. The van der Waals surface area contributed by atoms with Gasteiger partial charge in [-0.15, -0.1) is 0 Å². The molecule has 0 rings (SSSR count). The van der Waals surface area contributed by atoms with E-state index in [0.29, 0.717) is 0 Å². The zero-order valence-electron chi connectivity index (χ0n) is 8.85. The van der Waals surface area contributed by atoms with E-state index >= 15 is 0 Å². The molecule has 6 N–H and O–H groups in total. The fraction of sp³-hybridized carbons (Fsp3) is 0.667. The zero-order valence-corrected chi connectivity index (χ0v) is 12.1. The molecule has 0 saturated heterocycles. The van der Waals surface area contributed by atoms with Gasteiger partial charge in [0.2, 0.25) is 8.96 Å². The van der Waals surface area contributed by atoms with Gasteiger partial charge in [-0.25, -0.2) is 4.21 Å². The summed E-state index contributed by atoms with van der Waals surface area (Å²) in [5.74, 6) is -2.44. The summed E-state index contributed by atoms with van der Waals surface area (Å²) < 4.78 is 21.5. The normalized spacial score (nSPS) is 17.7. The molecule has 0 aromatic rings. The highest BCUT2D eigenvalue weighted by atomic mass is 33.1. The minimum absolute atomic E-state index is 0.0550. The van der Waals surface area contributed by atoms with Crippen molar-refractivity contribution in [3.8, 4) is 0 Å². The molecule has 0 aromatic carbocycles. The molecule has 0 radical (unpaired) electrons. The molecule has 2 unspecified atom stereocenters. The number of rotatable bonds is 9. The van der Waals surface area contributed by atoms with E-state index in [2.05, 4.69) is 11.2 Å². The van der Waals surface area contributed by atoms with Crippen LogP contribution >= 0.6 is 21.6 Å². The molecule has 0 spiro atoms. The van der Waals surface area contributed by atoms with Crippen LogP contribution in [0.2, 0.25) is 0 Å². The number of hydrogen-bond acceptors (Lipinski definition) is 7. The highest BCUT2D eigenvalue weighted by molar-refractivity contribution is 8.76. The van der Waals surface area contributed by atoms with Crippen LogP contribution in [0.3, 0.4) is 0 Å². The number of hydrogen-bond donors (Lipinski definition) is 5. The number of nitrogens with one attached hydrogen (secondary N) is 1. The third-order valence-electron chi connectivity index (χ3n) is 1.47. The molecule has 3 atom stereocenters. The van der Waals surface area contributed by atoms with Crippen LogP contribution in [0.15, 0.2) is 0 Å². The second kappa shape index (κ2) is 8.14. The monoisotopic (exact) mass is 336 g/mol. The van der Waals surface area contributed by atoms with Gasteiger partial charge in [0.15, 0.2) is 0 Å². The second-order valence-corrected chi connectivity index (χ2v) is 8.09. The van der Waals surface area contributed by atoms with Gasteiger partial charge < -0.3 is 15.9 Å². The third-order valence-corrected chi connectivity index (χ3v) is 4.79. The Bertz CT molecular complexity index is 399. The van der Waals surface area contributed by atoms with Gasteiger partial charge in [-0.2, -0.15) is 4.72 Å². The van der Waals surface area contributed by atoms with Crippen LogP contribution in [0, 0.1) is 0 Å². The lowest BCUT2D eigenvalue weighted by Gasteiger charge is -2.13. The third kappa shape index (κ3) is 8.91. The van der Waals surface area contributed by atoms with E-state index in [1.54, 1.807) is 0 Å². The standard InChI is InChI=1S/C6H12N2O6S4/c7-3(5(9)10)1-16-17-2-4(6(11)12)8-18(13,14)15/h3-4,8H,1-2,7H2,(H,9,10)(H,11,12)(H,13,14,15)/t3?,4-/m0/s1. The van der Waals surface area contributed by atoms with E-state index in [4.69, 9.17) is 20.5 Å². The molecular weight excluding hydrogens is 324 g/mol. The first kappa shape index (κ1) is 17.9. The van der Waals surface area contributed by atoms with E-state index in [0.717, 1.165) is 21.6 Å². The molecule has 0 aliphatic rings. The maximum absolute atomic E-state index is 10.8. The molecule has 18 heavy (non-hydrogen) atoms. The predicted octanol–water partition coefficient (Wildman–Crippen LogP) is -1.04. The number of carboxylic acid groups (broad SMARTS) is 2. The van der Waals surface area contributed by atoms with Gasteiger partial charge in [-0.3, -0.25) is 14.1 Å². The van der Waals surface area contributed by atoms with Crippen molar-refractivity contribution in [1.29, 1.82) is 0 Å². The summed E-state index contributed by atoms with van der Waals surface area (Å²) in [6.45, 7) is 0. The largest absolute Gasteiger partial charge is 0.480 e. The number of carboxylic acids is 2. The van der Waals surface area contributed by atoms with E-state index in [1.807, 2.05) is 4.72 Å². The Morgan fingerprint density at radius 3 is 2.17 bits per heavy atom. The molecule has 0 amide bonds. The fourth-order valence-electron chi connectivity index (χ4n) is 0.644. The highest BCUT2D eigenvalue weighted by Crippen LogP contribution is 2.22. The van der Waals surface area contributed by atoms with Gasteiger partial charge in [0, 0.05) is 22.7 Å². The first-order chi connectivity index (χ1) is 8.13. The minimum atomic E-state index is -3.77. The lowest BCUT2D eigenvalue weighted by molar-refractivity contribution is -0.139. The van der Waals surface area contributed by atoms with Gasteiger partial charge in [0.05, 0.1) is 0 Å². The fourth-order valence-corrected chi connectivity index (χ4v) is 3.91. The molecule has 12 heteroatoms. The second-order valence-electron chi connectivity index (χ2n) is 3.00. The molecule has 0 aliphatic heterocycles. The van der Waals surface area contributed by atoms with Gasteiger partial charge >= 0.3 is 11.9 Å². The van der Waals surface area contributed by atoms with Gasteiger partial charge in [-0.05, 0) is 0 Å². The Balaban J connectivity index is 4.07. The molecule has 0 aromatic heterocycles. The zero-order chi connectivity index (χ0) is 14.3. The molecule has 0 saturated carbocycles. The van der Waals surface area contributed by atoms with Crippen molar-refractivity contribution >= 4 is 53.7 Å². The van der Waals surface area contributed by atoms with Crippen LogP contribution in [0.4, 0.5) is 0 Å². The average molecular weight is 336 g/mol. The van der Waals surface area contributed by atoms with Crippen LogP contribution in [0.5, 0.6) is 0 Å².